The molecular weight excluding hydrogens is 300 g/mol. The molecule has 0 bridgehead atoms. The van der Waals surface area contributed by atoms with Crippen molar-refractivity contribution >= 4 is 0 Å². The molecule has 1 aliphatic rings. The molecule has 25 heavy (non-hydrogen) atoms. The van der Waals surface area contributed by atoms with Gasteiger partial charge in [0.05, 0.1) is 0 Å². The average Bonchev–Trinajstić information content (AvgIpc) is 3.01. The third-order valence-electron chi connectivity index (χ3n) is 5.70. The molecule has 0 atom stereocenters. The van der Waals surface area contributed by atoms with Crippen LogP contribution in [0, 0.1) is 0 Å². The lowest BCUT2D eigenvalue weighted by Crippen LogP contribution is -1.97. The van der Waals surface area contributed by atoms with Crippen molar-refractivity contribution in [3.05, 3.63) is 58.7 Å². The fourth-order valence-corrected chi connectivity index (χ4v) is 4.24. The molecule has 0 fully saturated rings. The summed E-state index contributed by atoms with van der Waals surface area (Å²) in [6, 6.07) is 14.1. The molecule has 0 heteroatoms. The smallest absolute Gasteiger partial charge is 0.00107 e. The van der Waals surface area contributed by atoms with Crippen LogP contribution in [-0.2, 0) is 19.3 Å². The molecule has 0 radical (unpaired) electrons. The van der Waals surface area contributed by atoms with Gasteiger partial charge in [-0.15, -0.1) is 0 Å². The number of benzene rings is 2. The fourth-order valence-electron chi connectivity index (χ4n) is 4.24. The van der Waals surface area contributed by atoms with Gasteiger partial charge in [0, 0.05) is 0 Å². The lowest BCUT2D eigenvalue weighted by atomic mass is 9.92. The summed E-state index contributed by atoms with van der Waals surface area (Å²) in [5.74, 6) is 0. The van der Waals surface area contributed by atoms with E-state index in [1.807, 2.05) is 0 Å². The summed E-state index contributed by atoms with van der Waals surface area (Å²) in [6.07, 6.45) is 14.5. The lowest BCUT2D eigenvalue weighted by Gasteiger charge is -2.13. The van der Waals surface area contributed by atoms with E-state index in [9.17, 15) is 0 Å². The molecule has 0 N–H and O–H groups in total. The number of hydrogen-bond donors (Lipinski definition) is 0. The number of rotatable bonds is 10. The number of fused-ring (bicyclic) bond motifs is 3. The first-order valence-electron chi connectivity index (χ1n) is 10.6. The Bertz CT molecular complexity index is 680. The van der Waals surface area contributed by atoms with Gasteiger partial charge in [0.25, 0.3) is 0 Å². The van der Waals surface area contributed by atoms with E-state index >= 15 is 0 Å². The van der Waals surface area contributed by atoms with Crippen molar-refractivity contribution in [1.82, 2.24) is 0 Å². The Morgan fingerprint density at radius 1 is 0.720 bits per heavy atom. The van der Waals surface area contributed by atoms with Crippen LogP contribution in [0.3, 0.4) is 0 Å². The van der Waals surface area contributed by atoms with E-state index in [4.69, 9.17) is 0 Å². The Morgan fingerprint density at radius 3 is 2.20 bits per heavy atom. The van der Waals surface area contributed by atoms with E-state index in [1.54, 1.807) is 16.7 Å². The van der Waals surface area contributed by atoms with E-state index in [1.165, 1.54) is 80.9 Å². The van der Waals surface area contributed by atoms with Crippen molar-refractivity contribution in [1.29, 1.82) is 0 Å². The van der Waals surface area contributed by atoms with Gasteiger partial charge in [0.2, 0.25) is 0 Å². The molecule has 2 aromatic carbocycles. The Balaban J connectivity index is 1.81. The molecule has 2 aromatic rings. The highest BCUT2D eigenvalue weighted by Gasteiger charge is 2.21. The minimum Gasteiger partial charge on any atom is -0.0654 e. The zero-order valence-corrected chi connectivity index (χ0v) is 16.2. The first-order chi connectivity index (χ1) is 12.3. The molecule has 1 aliphatic carbocycles. The van der Waals surface area contributed by atoms with Crippen LogP contribution in [0.15, 0.2) is 36.4 Å². The molecule has 0 unspecified atom stereocenters. The van der Waals surface area contributed by atoms with Crippen molar-refractivity contribution in [2.24, 2.45) is 0 Å². The average molecular weight is 335 g/mol. The second kappa shape index (κ2) is 9.22. The predicted molar refractivity (Wildman–Crippen MR) is 110 cm³/mol. The summed E-state index contributed by atoms with van der Waals surface area (Å²) in [5, 5.41) is 0. The van der Waals surface area contributed by atoms with Crippen LogP contribution in [0.25, 0.3) is 11.1 Å². The molecule has 0 heterocycles. The Labute approximate surface area is 154 Å². The van der Waals surface area contributed by atoms with Crippen LogP contribution >= 0.6 is 0 Å². The van der Waals surface area contributed by atoms with E-state index in [0.29, 0.717) is 0 Å². The molecule has 134 valence electrons. The Morgan fingerprint density at radius 2 is 1.44 bits per heavy atom. The van der Waals surface area contributed by atoms with Gasteiger partial charge in [0.15, 0.2) is 0 Å². The second-order valence-electron chi connectivity index (χ2n) is 7.74. The van der Waals surface area contributed by atoms with Gasteiger partial charge in [0.1, 0.15) is 0 Å². The maximum Gasteiger partial charge on any atom is -0.00107 e. The third-order valence-corrected chi connectivity index (χ3v) is 5.70. The van der Waals surface area contributed by atoms with Gasteiger partial charge in [-0.25, -0.2) is 0 Å². The van der Waals surface area contributed by atoms with Crippen molar-refractivity contribution in [2.75, 3.05) is 0 Å². The van der Waals surface area contributed by atoms with Gasteiger partial charge < -0.3 is 0 Å². The Kier molecular flexibility index (Phi) is 6.73. The van der Waals surface area contributed by atoms with Crippen LogP contribution in [-0.4, -0.2) is 0 Å². The molecular formula is C25H34. The highest BCUT2D eigenvalue weighted by Crippen LogP contribution is 2.39. The second-order valence-corrected chi connectivity index (χ2v) is 7.74. The largest absolute Gasteiger partial charge is 0.0654 e. The number of unbranched alkanes of at least 4 members (excludes halogenated alkanes) is 6. The molecule has 0 aromatic heterocycles. The van der Waals surface area contributed by atoms with Crippen LogP contribution < -0.4 is 0 Å². The molecule has 0 nitrogen and oxygen atoms in total. The van der Waals surface area contributed by atoms with Crippen molar-refractivity contribution in [3.63, 3.8) is 0 Å². The maximum absolute atomic E-state index is 2.54. The minimum atomic E-state index is 1.14. The van der Waals surface area contributed by atoms with E-state index < -0.39 is 0 Å². The molecule has 0 amide bonds. The minimum absolute atomic E-state index is 1.14. The van der Waals surface area contributed by atoms with Gasteiger partial charge in [-0.1, -0.05) is 88.8 Å². The molecule has 0 saturated carbocycles. The van der Waals surface area contributed by atoms with Crippen LogP contribution in [0.2, 0.25) is 0 Å². The summed E-state index contributed by atoms with van der Waals surface area (Å²) >= 11 is 0. The quantitative estimate of drug-likeness (QED) is 0.337. The highest BCUT2D eigenvalue weighted by molar-refractivity contribution is 5.78. The number of hydrogen-bond acceptors (Lipinski definition) is 0. The van der Waals surface area contributed by atoms with Crippen molar-refractivity contribution in [3.8, 4) is 11.1 Å². The molecule has 0 saturated heterocycles. The van der Waals surface area contributed by atoms with E-state index in [2.05, 4.69) is 50.2 Å². The van der Waals surface area contributed by atoms with Crippen molar-refractivity contribution < 1.29 is 0 Å². The summed E-state index contributed by atoms with van der Waals surface area (Å²) in [7, 11) is 0. The fraction of sp³-hybridized carbons (Fsp3) is 0.520. The molecule has 0 aliphatic heterocycles. The summed E-state index contributed by atoms with van der Waals surface area (Å²) in [4.78, 5) is 0. The van der Waals surface area contributed by atoms with E-state index in [0.717, 1.165) is 6.42 Å². The van der Waals surface area contributed by atoms with Crippen LogP contribution in [0.4, 0.5) is 0 Å². The standard InChI is InChI=1S/C25H34/c1-3-5-7-9-13-20-17-21(14-10-8-6-4-2)24-19-22-15-11-12-16-23(22)25(24)18-20/h11-12,15-18H,3-10,13-14,19H2,1-2H3. The maximum atomic E-state index is 2.54. The van der Waals surface area contributed by atoms with Gasteiger partial charge in [-0.05, 0) is 65.5 Å². The number of aryl methyl sites for hydroxylation is 2. The monoisotopic (exact) mass is 334 g/mol. The van der Waals surface area contributed by atoms with E-state index in [-0.39, 0.29) is 0 Å². The van der Waals surface area contributed by atoms with Crippen LogP contribution in [0.5, 0.6) is 0 Å². The van der Waals surface area contributed by atoms with Crippen molar-refractivity contribution in [2.45, 2.75) is 84.5 Å². The first kappa shape index (κ1) is 18.2. The summed E-state index contributed by atoms with van der Waals surface area (Å²) in [6.45, 7) is 4.59. The first-order valence-corrected chi connectivity index (χ1v) is 10.6. The van der Waals surface area contributed by atoms with Gasteiger partial charge in [-0.2, -0.15) is 0 Å². The zero-order valence-electron chi connectivity index (χ0n) is 16.2. The molecule has 3 rings (SSSR count). The van der Waals surface area contributed by atoms with Crippen LogP contribution in [0.1, 0.15) is 87.5 Å². The van der Waals surface area contributed by atoms with Gasteiger partial charge in [-0.3, -0.25) is 0 Å². The molecule has 0 spiro atoms. The third kappa shape index (κ3) is 4.54. The normalized spacial score (nSPS) is 12.2. The highest BCUT2D eigenvalue weighted by atomic mass is 14.3. The summed E-state index contributed by atoms with van der Waals surface area (Å²) < 4.78 is 0. The zero-order chi connectivity index (χ0) is 17.5. The SMILES string of the molecule is CCCCCCc1cc(CCCCCC)c2c(c1)-c1ccccc1C2. The lowest BCUT2D eigenvalue weighted by molar-refractivity contribution is 0.660. The topological polar surface area (TPSA) is 0 Å². The predicted octanol–water partition coefficient (Wildman–Crippen LogP) is 7.50. The Hall–Kier alpha value is -1.56. The summed E-state index contributed by atoms with van der Waals surface area (Å²) in [5.41, 5.74) is 9.37. The van der Waals surface area contributed by atoms with Gasteiger partial charge >= 0.3 is 0 Å².